The molecule has 0 saturated carbocycles. The van der Waals surface area contributed by atoms with Gasteiger partial charge in [-0.3, -0.25) is 9.36 Å². The van der Waals surface area contributed by atoms with Crippen molar-refractivity contribution in [3.05, 3.63) is 28.8 Å². The lowest BCUT2D eigenvalue weighted by Crippen LogP contribution is -2.26. The van der Waals surface area contributed by atoms with Gasteiger partial charge in [0, 0.05) is 18.1 Å². The Kier molecular flexibility index (Phi) is 3.65. The third-order valence-electron chi connectivity index (χ3n) is 4.50. The molecule has 0 radical (unpaired) electrons. The van der Waals surface area contributed by atoms with E-state index in [9.17, 15) is 4.79 Å². The lowest BCUT2D eigenvalue weighted by atomic mass is 10.2. The fraction of sp³-hybridized carbons (Fsp3) is 0.412. The fourth-order valence-electron chi connectivity index (χ4n) is 3.26. The van der Waals surface area contributed by atoms with Gasteiger partial charge in [-0.1, -0.05) is 0 Å². The fourth-order valence-corrected chi connectivity index (χ4v) is 3.26. The Labute approximate surface area is 138 Å². The van der Waals surface area contributed by atoms with E-state index in [0.717, 1.165) is 30.4 Å². The molecular weight excluding hydrogens is 310 g/mol. The van der Waals surface area contributed by atoms with E-state index in [4.69, 9.17) is 14.2 Å². The van der Waals surface area contributed by atoms with Crippen LogP contribution in [0.25, 0.3) is 21.9 Å². The highest BCUT2D eigenvalue weighted by molar-refractivity contribution is 6.05. The summed E-state index contributed by atoms with van der Waals surface area (Å²) in [4.78, 5) is 20.4. The van der Waals surface area contributed by atoms with Crippen LogP contribution in [0.5, 0.6) is 11.5 Å². The molecule has 126 valence electrons. The summed E-state index contributed by atoms with van der Waals surface area (Å²) in [6.45, 7) is 1.30. The van der Waals surface area contributed by atoms with Gasteiger partial charge in [-0.2, -0.15) is 0 Å². The first kappa shape index (κ1) is 15.0. The lowest BCUT2D eigenvalue weighted by Gasteiger charge is -2.10. The first-order valence-corrected chi connectivity index (χ1v) is 7.95. The van der Waals surface area contributed by atoms with Crippen LogP contribution in [0, 0.1) is 0 Å². The minimum Gasteiger partial charge on any atom is -0.493 e. The SMILES string of the molecule is COc1cc2[nH]c3c(=O)n(C[C@@H]4CCCO4)cnc3c2cc1OC. The van der Waals surface area contributed by atoms with Crippen LogP contribution in [0.15, 0.2) is 23.3 Å². The minimum atomic E-state index is -0.0929. The van der Waals surface area contributed by atoms with Crippen LogP contribution in [-0.2, 0) is 11.3 Å². The molecular formula is C17H19N3O4. The van der Waals surface area contributed by atoms with Gasteiger partial charge < -0.3 is 19.2 Å². The van der Waals surface area contributed by atoms with E-state index in [1.54, 1.807) is 25.1 Å². The Morgan fingerprint density at radius 2 is 2.12 bits per heavy atom. The van der Waals surface area contributed by atoms with E-state index in [2.05, 4.69) is 9.97 Å². The normalized spacial score (nSPS) is 17.7. The maximum Gasteiger partial charge on any atom is 0.277 e. The zero-order valence-corrected chi connectivity index (χ0v) is 13.7. The van der Waals surface area contributed by atoms with Gasteiger partial charge in [0.25, 0.3) is 5.56 Å². The van der Waals surface area contributed by atoms with Crippen LogP contribution >= 0.6 is 0 Å². The Morgan fingerprint density at radius 1 is 1.33 bits per heavy atom. The van der Waals surface area contributed by atoms with Gasteiger partial charge in [0.15, 0.2) is 11.5 Å². The van der Waals surface area contributed by atoms with Gasteiger partial charge in [0.05, 0.1) is 38.7 Å². The number of aromatic amines is 1. The van der Waals surface area contributed by atoms with Crippen LogP contribution in [0.4, 0.5) is 0 Å². The number of nitrogens with zero attached hydrogens (tertiary/aromatic N) is 2. The Morgan fingerprint density at radius 3 is 2.83 bits per heavy atom. The Bertz CT molecular complexity index is 954. The van der Waals surface area contributed by atoms with Gasteiger partial charge in [-0.15, -0.1) is 0 Å². The van der Waals surface area contributed by atoms with Crippen LogP contribution in [-0.4, -0.2) is 41.5 Å². The van der Waals surface area contributed by atoms with Crippen molar-refractivity contribution in [2.24, 2.45) is 0 Å². The van der Waals surface area contributed by atoms with E-state index in [0.29, 0.717) is 29.1 Å². The van der Waals surface area contributed by atoms with Crippen molar-refractivity contribution < 1.29 is 14.2 Å². The number of H-pyrrole nitrogens is 1. The predicted molar refractivity (Wildman–Crippen MR) is 89.9 cm³/mol. The van der Waals surface area contributed by atoms with Crippen molar-refractivity contribution in [3.63, 3.8) is 0 Å². The number of ether oxygens (including phenoxy) is 3. The summed E-state index contributed by atoms with van der Waals surface area (Å²) in [5.74, 6) is 1.22. The van der Waals surface area contributed by atoms with Crippen LogP contribution in [0.3, 0.4) is 0 Å². The van der Waals surface area contributed by atoms with Crippen molar-refractivity contribution in [2.75, 3.05) is 20.8 Å². The van der Waals surface area contributed by atoms with Crippen molar-refractivity contribution in [1.82, 2.24) is 14.5 Å². The van der Waals surface area contributed by atoms with E-state index in [-0.39, 0.29) is 11.7 Å². The number of nitrogens with one attached hydrogen (secondary N) is 1. The minimum absolute atomic E-state index is 0.0894. The topological polar surface area (TPSA) is 78.4 Å². The Balaban J connectivity index is 1.86. The van der Waals surface area contributed by atoms with E-state index in [1.807, 2.05) is 12.1 Å². The van der Waals surface area contributed by atoms with Crippen LogP contribution in [0.2, 0.25) is 0 Å². The second-order valence-electron chi connectivity index (χ2n) is 5.94. The summed E-state index contributed by atoms with van der Waals surface area (Å²) < 4.78 is 17.9. The number of rotatable bonds is 4. The van der Waals surface area contributed by atoms with Gasteiger partial charge in [0.2, 0.25) is 0 Å². The summed E-state index contributed by atoms with van der Waals surface area (Å²) >= 11 is 0. The molecule has 0 amide bonds. The first-order valence-electron chi connectivity index (χ1n) is 7.95. The number of fused-ring (bicyclic) bond motifs is 3. The van der Waals surface area contributed by atoms with Crippen molar-refractivity contribution >= 4 is 21.9 Å². The zero-order chi connectivity index (χ0) is 16.7. The monoisotopic (exact) mass is 329 g/mol. The number of methoxy groups -OCH3 is 2. The molecule has 1 saturated heterocycles. The number of hydrogen-bond acceptors (Lipinski definition) is 5. The summed E-state index contributed by atoms with van der Waals surface area (Å²) in [7, 11) is 3.17. The molecule has 0 aliphatic carbocycles. The molecule has 7 nitrogen and oxygen atoms in total. The molecule has 24 heavy (non-hydrogen) atoms. The van der Waals surface area contributed by atoms with Gasteiger partial charge in [-0.05, 0) is 18.9 Å². The molecule has 1 aromatic carbocycles. The molecule has 3 heterocycles. The van der Waals surface area contributed by atoms with Crippen LogP contribution < -0.4 is 15.0 Å². The average molecular weight is 329 g/mol. The largest absolute Gasteiger partial charge is 0.493 e. The molecule has 1 aliphatic heterocycles. The van der Waals surface area contributed by atoms with Crippen molar-refractivity contribution in [1.29, 1.82) is 0 Å². The van der Waals surface area contributed by atoms with Gasteiger partial charge >= 0.3 is 0 Å². The van der Waals surface area contributed by atoms with E-state index < -0.39 is 0 Å². The highest BCUT2D eigenvalue weighted by Gasteiger charge is 2.19. The smallest absolute Gasteiger partial charge is 0.277 e. The Hall–Kier alpha value is -2.54. The highest BCUT2D eigenvalue weighted by atomic mass is 16.5. The molecule has 1 fully saturated rings. The molecule has 1 atom stereocenters. The predicted octanol–water partition coefficient (Wildman–Crippen LogP) is 2.07. The third-order valence-corrected chi connectivity index (χ3v) is 4.50. The molecule has 3 aromatic rings. The standard InChI is InChI=1S/C17H19N3O4/c1-22-13-6-11-12(7-14(13)23-2)19-16-15(11)18-9-20(17(16)21)8-10-4-3-5-24-10/h6-7,9-10,19H,3-5,8H2,1-2H3/t10-/m0/s1. The zero-order valence-electron chi connectivity index (χ0n) is 13.7. The first-order chi connectivity index (χ1) is 11.7. The second kappa shape index (κ2) is 5.83. The summed E-state index contributed by atoms with van der Waals surface area (Å²) in [5, 5.41) is 0.837. The second-order valence-corrected chi connectivity index (χ2v) is 5.94. The molecule has 1 N–H and O–H groups in total. The van der Waals surface area contributed by atoms with Crippen molar-refractivity contribution in [2.45, 2.75) is 25.5 Å². The summed E-state index contributed by atoms with van der Waals surface area (Å²) in [6, 6.07) is 3.66. The average Bonchev–Trinajstić information content (AvgIpc) is 3.23. The molecule has 7 heteroatoms. The van der Waals surface area contributed by atoms with E-state index in [1.165, 1.54) is 0 Å². The number of aromatic nitrogens is 3. The number of hydrogen-bond donors (Lipinski definition) is 1. The maximum absolute atomic E-state index is 12.8. The molecule has 4 rings (SSSR count). The van der Waals surface area contributed by atoms with Crippen LogP contribution in [0.1, 0.15) is 12.8 Å². The van der Waals surface area contributed by atoms with Crippen molar-refractivity contribution in [3.8, 4) is 11.5 Å². The molecule has 0 bridgehead atoms. The lowest BCUT2D eigenvalue weighted by molar-refractivity contribution is 0.0960. The van der Waals surface area contributed by atoms with Gasteiger partial charge in [-0.25, -0.2) is 4.98 Å². The number of benzene rings is 1. The molecule has 2 aromatic heterocycles. The molecule has 0 unspecified atom stereocenters. The van der Waals surface area contributed by atoms with E-state index >= 15 is 0 Å². The summed E-state index contributed by atoms with van der Waals surface area (Å²) in [6.07, 6.45) is 3.70. The quantitative estimate of drug-likeness (QED) is 0.793. The maximum atomic E-state index is 12.8. The summed E-state index contributed by atoms with van der Waals surface area (Å²) in [5.41, 5.74) is 1.83. The molecule has 1 aliphatic rings. The highest BCUT2D eigenvalue weighted by Crippen LogP contribution is 2.34. The third kappa shape index (κ3) is 2.32. The molecule has 0 spiro atoms. The van der Waals surface area contributed by atoms with Gasteiger partial charge in [0.1, 0.15) is 11.0 Å².